The molecule has 2 aromatic heterocycles. The second-order valence-corrected chi connectivity index (χ2v) is 8.09. The highest BCUT2D eigenvalue weighted by molar-refractivity contribution is 5.87. The Morgan fingerprint density at radius 1 is 1.23 bits per heavy atom. The smallest absolute Gasteiger partial charge is 0.203 e. The Morgan fingerprint density at radius 2 is 2.00 bits per heavy atom. The van der Waals surface area contributed by atoms with Crippen LogP contribution in [-0.2, 0) is 24.8 Å². The summed E-state index contributed by atoms with van der Waals surface area (Å²) in [7, 11) is 1.90. The number of aromatic hydroxyl groups is 1. The SMILES string of the molecule is CCc1cc2c(=O)c(-c3nc4ccccc4n3C)coc2c(C[NH+]2CCOCC2)c1O. The lowest BCUT2D eigenvalue weighted by Crippen LogP contribution is -3.12. The normalized spacial score (nSPS) is 15.2. The van der Waals surface area contributed by atoms with Crippen molar-refractivity contribution in [2.75, 3.05) is 26.3 Å². The van der Waals surface area contributed by atoms with Crippen molar-refractivity contribution in [3.8, 4) is 17.1 Å². The number of rotatable bonds is 4. The van der Waals surface area contributed by atoms with E-state index in [4.69, 9.17) is 9.15 Å². The minimum Gasteiger partial charge on any atom is -0.507 e. The molecular weight excluding hydrogens is 394 g/mol. The molecule has 1 aliphatic heterocycles. The molecule has 0 amide bonds. The van der Waals surface area contributed by atoms with E-state index < -0.39 is 0 Å². The van der Waals surface area contributed by atoms with Crippen LogP contribution in [0.2, 0.25) is 0 Å². The molecule has 2 N–H and O–H groups in total. The van der Waals surface area contributed by atoms with Gasteiger partial charge in [0.2, 0.25) is 5.43 Å². The zero-order valence-electron chi connectivity index (χ0n) is 17.8. The average Bonchev–Trinajstić information content (AvgIpc) is 3.13. The Morgan fingerprint density at radius 3 is 2.74 bits per heavy atom. The standard InChI is InChI=1S/C24H25N3O4/c1-3-15-12-16-22(29)18(24-25-19-6-4-5-7-20(19)26(24)2)14-31-23(16)17(21(15)28)13-27-8-10-30-11-9-27/h4-7,12,14,28H,3,8-11,13H2,1-2H3/p+1. The molecule has 0 radical (unpaired) electrons. The number of imidazole rings is 1. The van der Waals surface area contributed by atoms with Gasteiger partial charge in [0.25, 0.3) is 0 Å². The lowest BCUT2D eigenvalue weighted by Gasteiger charge is -2.24. The van der Waals surface area contributed by atoms with Gasteiger partial charge in [-0.15, -0.1) is 0 Å². The second kappa shape index (κ2) is 7.83. The van der Waals surface area contributed by atoms with Gasteiger partial charge in [0.1, 0.15) is 48.6 Å². The molecule has 31 heavy (non-hydrogen) atoms. The Bertz CT molecular complexity index is 1330. The van der Waals surface area contributed by atoms with Crippen molar-refractivity contribution < 1.29 is 19.2 Å². The Kier molecular flexibility index (Phi) is 5.00. The molecule has 0 bridgehead atoms. The first-order valence-corrected chi connectivity index (χ1v) is 10.7. The molecule has 3 heterocycles. The summed E-state index contributed by atoms with van der Waals surface area (Å²) in [6.45, 7) is 5.68. The molecule has 0 saturated carbocycles. The number of hydrogen-bond donors (Lipinski definition) is 2. The van der Waals surface area contributed by atoms with Gasteiger partial charge >= 0.3 is 0 Å². The third-order valence-corrected chi connectivity index (χ3v) is 6.25. The number of phenols is 1. The minimum atomic E-state index is -0.132. The highest BCUT2D eigenvalue weighted by Gasteiger charge is 2.24. The molecule has 0 spiro atoms. The number of nitrogens with one attached hydrogen (secondary N) is 1. The topological polar surface area (TPSA) is 81.9 Å². The maximum Gasteiger partial charge on any atom is 0.203 e. The van der Waals surface area contributed by atoms with E-state index in [2.05, 4.69) is 4.98 Å². The molecule has 1 aliphatic rings. The first kappa shape index (κ1) is 19.8. The summed E-state index contributed by atoms with van der Waals surface area (Å²) in [6.07, 6.45) is 2.11. The van der Waals surface area contributed by atoms with Crippen molar-refractivity contribution in [2.45, 2.75) is 19.9 Å². The molecule has 1 saturated heterocycles. The summed E-state index contributed by atoms with van der Waals surface area (Å²) >= 11 is 0. The zero-order valence-corrected chi connectivity index (χ0v) is 17.8. The van der Waals surface area contributed by atoms with Gasteiger partial charge in [0.05, 0.1) is 35.2 Å². The molecule has 1 fully saturated rings. The second-order valence-electron chi connectivity index (χ2n) is 8.09. The number of para-hydroxylation sites is 2. The van der Waals surface area contributed by atoms with Crippen LogP contribution in [0, 0.1) is 0 Å². The predicted molar refractivity (Wildman–Crippen MR) is 118 cm³/mol. The van der Waals surface area contributed by atoms with Gasteiger partial charge in [-0.05, 0) is 30.2 Å². The summed E-state index contributed by atoms with van der Waals surface area (Å²) < 4.78 is 13.4. The molecular formula is C24H26N3O4+. The fourth-order valence-electron chi connectivity index (χ4n) is 4.45. The van der Waals surface area contributed by atoms with E-state index >= 15 is 0 Å². The van der Waals surface area contributed by atoms with Gasteiger partial charge in [-0.25, -0.2) is 4.98 Å². The molecule has 0 atom stereocenters. The highest BCUT2D eigenvalue weighted by atomic mass is 16.5. The summed E-state index contributed by atoms with van der Waals surface area (Å²) in [5, 5.41) is 11.4. The maximum atomic E-state index is 13.6. The Balaban J connectivity index is 1.69. The Labute approximate surface area is 179 Å². The van der Waals surface area contributed by atoms with Crippen molar-refractivity contribution in [3.05, 3.63) is 57.9 Å². The number of morpholine rings is 1. The van der Waals surface area contributed by atoms with Crippen LogP contribution < -0.4 is 10.3 Å². The first-order valence-electron chi connectivity index (χ1n) is 10.7. The van der Waals surface area contributed by atoms with Crippen LogP contribution in [0.3, 0.4) is 0 Å². The van der Waals surface area contributed by atoms with Crippen LogP contribution in [0.25, 0.3) is 33.4 Å². The molecule has 0 unspecified atom stereocenters. The molecule has 4 aromatic rings. The van der Waals surface area contributed by atoms with E-state index in [1.54, 1.807) is 6.07 Å². The van der Waals surface area contributed by atoms with Gasteiger partial charge in [-0.2, -0.15) is 0 Å². The number of hydrogen-bond acceptors (Lipinski definition) is 5. The van der Waals surface area contributed by atoms with Gasteiger partial charge in [-0.1, -0.05) is 19.1 Å². The number of nitrogens with zero attached hydrogens (tertiary/aromatic N) is 2. The number of phenolic OH excluding ortho intramolecular Hbond substituents is 1. The van der Waals surface area contributed by atoms with Gasteiger partial charge in [0, 0.05) is 7.05 Å². The van der Waals surface area contributed by atoms with Crippen LogP contribution in [-0.4, -0.2) is 41.0 Å². The average molecular weight is 420 g/mol. The minimum absolute atomic E-state index is 0.132. The quantitative estimate of drug-likeness (QED) is 0.528. The van der Waals surface area contributed by atoms with Gasteiger partial charge < -0.3 is 23.7 Å². The number of ether oxygens (including phenoxy) is 1. The Hall–Kier alpha value is -3.16. The molecule has 160 valence electrons. The zero-order chi connectivity index (χ0) is 21.5. The lowest BCUT2D eigenvalue weighted by atomic mass is 10.0. The molecule has 7 heteroatoms. The van der Waals surface area contributed by atoms with Crippen LogP contribution in [0.15, 0.2) is 45.8 Å². The van der Waals surface area contributed by atoms with E-state index in [-0.39, 0.29) is 11.2 Å². The van der Waals surface area contributed by atoms with E-state index in [9.17, 15) is 9.90 Å². The predicted octanol–water partition coefficient (Wildman–Crippen LogP) is 2.03. The van der Waals surface area contributed by atoms with Crippen molar-refractivity contribution in [3.63, 3.8) is 0 Å². The van der Waals surface area contributed by atoms with Crippen molar-refractivity contribution in [1.29, 1.82) is 0 Å². The molecule has 2 aromatic carbocycles. The summed E-state index contributed by atoms with van der Waals surface area (Å²) in [5.41, 5.74) is 3.98. The van der Waals surface area contributed by atoms with E-state index in [0.717, 1.165) is 29.7 Å². The number of aryl methyl sites for hydroxylation is 2. The van der Waals surface area contributed by atoms with Crippen molar-refractivity contribution in [2.24, 2.45) is 7.05 Å². The van der Waals surface area contributed by atoms with E-state index in [0.29, 0.717) is 54.1 Å². The van der Waals surface area contributed by atoms with E-state index in [1.165, 1.54) is 11.2 Å². The number of fused-ring (bicyclic) bond motifs is 2. The summed E-state index contributed by atoms with van der Waals surface area (Å²) in [4.78, 5) is 19.5. The number of benzene rings is 2. The third kappa shape index (κ3) is 3.30. The first-order chi connectivity index (χ1) is 15.1. The van der Waals surface area contributed by atoms with Crippen LogP contribution in [0.5, 0.6) is 5.75 Å². The largest absolute Gasteiger partial charge is 0.507 e. The lowest BCUT2D eigenvalue weighted by molar-refractivity contribution is -0.921. The van der Waals surface area contributed by atoms with Crippen molar-refractivity contribution >= 4 is 22.0 Å². The fourth-order valence-corrected chi connectivity index (χ4v) is 4.45. The molecule has 7 nitrogen and oxygen atoms in total. The van der Waals surface area contributed by atoms with E-state index in [1.807, 2.05) is 42.8 Å². The fraction of sp³-hybridized carbons (Fsp3) is 0.333. The van der Waals surface area contributed by atoms with Crippen LogP contribution in [0.1, 0.15) is 18.1 Å². The highest BCUT2D eigenvalue weighted by Crippen LogP contribution is 2.32. The molecule has 5 rings (SSSR count). The maximum absolute atomic E-state index is 13.6. The molecule has 0 aliphatic carbocycles. The van der Waals surface area contributed by atoms with Crippen molar-refractivity contribution in [1.82, 2.24) is 9.55 Å². The monoisotopic (exact) mass is 420 g/mol. The number of aromatic nitrogens is 2. The van der Waals surface area contributed by atoms with Crippen LogP contribution in [0.4, 0.5) is 0 Å². The number of quaternary nitrogens is 1. The van der Waals surface area contributed by atoms with Gasteiger partial charge in [0.15, 0.2) is 0 Å². The van der Waals surface area contributed by atoms with Crippen LogP contribution >= 0.6 is 0 Å². The van der Waals surface area contributed by atoms with Gasteiger partial charge in [-0.3, -0.25) is 4.79 Å². The summed E-state index contributed by atoms with van der Waals surface area (Å²) in [6, 6.07) is 9.55. The third-order valence-electron chi connectivity index (χ3n) is 6.25. The summed E-state index contributed by atoms with van der Waals surface area (Å²) in [5.74, 6) is 0.802.